The lowest BCUT2D eigenvalue weighted by Crippen LogP contribution is -2.17. The summed E-state index contributed by atoms with van der Waals surface area (Å²) < 4.78 is 14.3. The van der Waals surface area contributed by atoms with Crippen LogP contribution in [0.4, 0.5) is 0 Å². The molecule has 0 unspecified atom stereocenters. The molecule has 0 fully saturated rings. The number of tetrazole rings is 1. The lowest BCUT2D eigenvalue weighted by molar-refractivity contribution is 0.282. The Hall–Kier alpha value is -2.88. The Balaban J connectivity index is 1.29. The molecule has 0 amide bonds. The van der Waals surface area contributed by atoms with Gasteiger partial charge in [0.25, 0.3) is 0 Å². The van der Waals surface area contributed by atoms with Crippen LogP contribution in [0, 0.1) is 6.92 Å². The van der Waals surface area contributed by atoms with Gasteiger partial charge >= 0.3 is 0 Å². The molecule has 0 atom stereocenters. The molecule has 4 aromatic rings. The maximum absolute atomic E-state index is 6.07. The van der Waals surface area contributed by atoms with Crippen LogP contribution in [0.1, 0.15) is 16.7 Å². The molecule has 4 rings (SSSR count). The van der Waals surface area contributed by atoms with Crippen molar-refractivity contribution in [2.45, 2.75) is 25.2 Å². The predicted molar refractivity (Wildman–Crippen MR) is 138 cm³/mol. The third-order valence-electron chi connectivity index (χ3n) is 5.04. The number of methoxy groups -OCH3 is 1. The molecule has 3 aromatic carbocycles. The van der Waals surface area contributed by atoms with Crippen LogP contribution in [0.2, 0.25) is 0 Å². The van der Waals surface area contributed by atoms with E-state index in [-0.39, 0.29) is 0 Å². The van der Waals surface area contributed by atoms with E-state index in [9.17, 15) is 0 Å². The van der Waals surface area contributed by atoms with Crippen molar-refractivity contribution in [3.63, 3.8) is 0 Å². The molecule has 176 valence electrons. The smallest absolute Gasteiger partial charge is 0.214 e. The number of aromatic nitrogens is 4. The second kappa shape index (κ2) is 12.0. The van der Waals surface area contributed by atoms with Crippen molar-refractivity contribution in [3.8, 4) is 17.2 Å². The number of para-hydroxylation sites is 1. The van der Waals surface area contributed by atoms with Gasteiger partial charge in [0.15, 0.2) is 11.5 Å². The van der Waals surface area contributed by atoms with Crippen LogP contribution in [-0.4, -0.2) is 39.6 Å². The number of hydrogen-bond acceptors (Lipinski definition) is 7. The Morgan fingerprint density at radius 3 is 2.68 bits per heavy atom. The normalized spacial score (nSPS) is 10.9. The summed E-state index contributed by atoms with van der Waals surface area (Å²) in [5, 5.41) is 16.3. The predicted octanol–water partition coefficient (Wildman–Crippen LogP) is 5.20. The van der Waals surface area contributed by atoms with E-state index in [2.05, 4.69) is 68.0 Å². The highest BCUT2D eigenvalue weighted by atomic mass is 79.9. The van der Waals surface area contributed by atoms with Crippen molar-refractivity contribution in [1.82, 2.24) is 25.5 Å². The maximum atomic E-state index is 6.07. The van der Waals surface area contributed by atoms with E-state index >= 15 is 0 Å². The van der Waals surface area contributed by atoms with E-state index in [1.165, 1.54) is 5.56 Å². The number of nitrogens with one attached hydrogen (secondary N) is 1. The van der Waals surface area contributed by atoms with E-state index in [1.54, 1.807) is 23.6 Å². The Bertz CT molecular complexity index is 1220. The number of ether oxygens (including phenoxy) is 2. The summed E-state index contributed by atoms with van der Waals surface area (Å²) in [5.41, 5.74) is 4.38. The van der Waals surface area contributed by atoms with Gasteiger partial charge in [-0.2, -0.15) is 4.68 Å². The van der Waals surface area contributed by atoms with Crippen molar-refractivity contribution < 1.29 is 9.47 Å². The largest absolute Gasteiger partial charge is 0.493 e. The highest BCUT2D eigenvalue weighted by Crippen LogP contribution is 2.37. The number of aryl methyl sites for hydroxylation is 1. The molecule has 0 aliphatic heterocycles. The number of benzene rings is 3. The van der Waals surface area contributed by atoms with Crippen molar-refractivity contribution >= 4 is 27.7 Å². The Kier molecular flexibility index (Phi) is 8.56. The van der Waals surface area contributed by atoms with Gasteiger partial charge in [-0.3, -0.25) is 0 Å². The molecule has 34 heavy (non-hydrogen) atoms. The van der Waals surface area contributed by atoms with E-state index in [4.69, 9.17) is 9.47 Å². The molecular weight excluding hydrogens is 514 g/mol. The molecule has 0 bridgehead atoms. The molecule has 7 nitrogen and oxygen atoms in total. The molecule has 0 aliphatic rings. The summed E-state index contributed by atoms with van der Waals surface area (Å²) in [6, 6.07) is 22.2. The zero-order valence-electron chi connectivity index (χ0n) is 19.1. The van der Waals surface area contributed by atoms with Crippen LogP contribution in [0.25, 0.3) is 5.69 Å². The van der Waals surface area contributed by atoms with Gasteiger partial charge in [-0.25, -0.2) is 0 Å². The van der Waals surface area contributed by atoms with Crippen LogP contribution in [-0.2, 0) is 13.2 Å². The third-order valence-corrected chi connectivity index (χ3v) is 6.55. The van der Waals surface area contributed by atoms with Crippen LogP contribution < -0.4 is 14.8 Å². The zero-order valence-corrected chi connectivity index (χ0v) is 21.5. The molecule has 0 radical (unpaired) electrons. The fourth-order valence-electron chi connectivity index (χ4n) is 3.42. The van der Waals surface area contributed by atoms with Gasteiger partial charge in [-0.1, -0.05) is 59.8 Å². The Labute approximate surface area is 212 Å². The quantitative estimate of drug-likeness (QED) is 0.207. The first kappa shape index (κ1) is 24.3. The monoisotopic (exact) mass is 539 g/mol. The van der Waals surface area contributed by atoms with Crippen LogP contribution in [0.3, 0.4) is 0 Å². The first-order valence-corrected chi connectivity index (χ1v) is 12.6. The highest BCUT2D eigenvalue weighted by Gasteiger charge is 2.13. The van der Waals surface area contributed by atoms with Crippen molar-refractivity contribution in [1.29, 1.82) is 0 Å². The number of hydrogen-bond donors (Lipinski definition) is 1. The lowest BCUT2D eigenvalue weighted by Gasteiger charge is -2.15. The molecule has 1 N–H and O–H groups in total. The van der Waals surface area contributed by atoms with Crippen LogP contribution >= 0.6 is 27.7 Å². The molecular formula is C25H26BrN5O2S. The summed E-state index contributed by atoms with van der Waals surface area (Å²) in [5.74, 6) is 2.25. The topological polar surface area (TPSA) is 74.1 Å². The molecule has 0 saturated carbocycles. The van der Waals surface area contributed by atoms with E-state index in [0.717, 1.165) is 38.7 Å². The Morgan fingerprint density at radius 1 is 1.03 bits per heavy atom. The van der Waals surface area contributed by atoms with Crippen LogP contribution in [0.5, 0.6) is 11.5 Å². The molecule has 9 heteroatoms. The lowest BCUT2D eigenvalue weighted by atomic mass is 10.1. The molecule has 0 aliphatic carbocycles. The SMILES string of the molecule is COc1cc(CNCCSc2nnnn2-c2ccccc2)cc(Br)c1OCc1cccc(C)c1. The molecule has 0 saturated heterocycles. The fourth-order valence-corrected chi connectivity index (χ4v) is 4.81. The first-order chi connectivity index (χ1) is 16.6. The number of nitrogens with zero attached hydrogens (tertiary/aromatic N) is 4. The third kappa shape index (κ3) is 6.37. The Morgan fingerprint density at radius 2 is 1.88 bits per heavy atom. The summed E-state index contributed by atoms with van der Waals surface area (Å²) in [6.07, 6.45) is 0. The van der Waals surface area contributed by atoms with Gasteiger partial charge in [-0.15, -0.1) is 5.10 Å². The summed E-state index contributed by atoms with van der Waals surface area (Å²) in [4.78, 5) is 0. The minimum atomic E-state index is 0.480. The summed E-state index contributed by atoms with van der Waals surface area (Å²) in [7, 11) is 1.66. The van der Waals surface area contributed by atoms with E-state index in [0.29, 0.717) is 24.7 Å². The highest BCUT2D eigenvalue weighted by molar-refractivity contribution is 9.10. The average Bonchev–Trinajstić information content (AvgIpc) is 3.32. The average molecular weight is 540 g/mol. The minimum absolute atomic E-state index is 0.480. The second-order valence-electron chi connectivity index (χ2n) is 7.62. The maximum Gasteiger partial charge on any atom is 0.214 e. The van der Waals surface area contributed by atoms with Crippen LogP contribution in [0.15, 0.2) is 76.4 Å². The zero-order chi connectivity index (χ0) is 23.8. The first-order valence-electron chi connectivity index (χ1n) is 10.9. The number of thioether (sulfide) groups is 1. The number of halogens is 1. The van der Waals surface area contributed by atoms with Crippen molar-refractivity contribution in [2.75, 3.05) is 19.4 Å². The molecule has 1 heterocycles. The van der Waals surface area contributed by atoms with Gasteiger partial charge in [0.2, 0.25) is 5.16 Å². The van der Waals surface area contributed by atoms with E-state index < -0.39 is 0 Å². The van der Waals surface area contributed by atoms with Crippen molar-refractivity contribution in [2.24, 2.45) is 0 Å². The summed E-state index contributed by atoms with van der Waals surface area (Å²) in [6.45, 7) is 4.06. The number of rotatable bonds is 11. The molecule has 0 spiro atoms. The summed E-state index contributed by atoms with van der Waals surface area (Å²) >= 11 is 5.26. The van der Waals surface area contributed by atoms with Crippen molar-refractivity contribution in [3.05, 3.63) is 87.9 Å². The van der Waals surface area contributed by atoms with Gasteiger partial charge in [-0.05, 0) is 68.7 Å². The fraction of sp³-hybridized carbons (Fsp3) is 0.240. The van der Waals surface area contributed by atoms with Gasteiger partial charge in [0.05, 0.1) is 17.3 Å². The standard InChI is InChI=1S/C25H26BrN5O2S/c1-18-7-6-8-19(13-18)17-33-24-22(26)14-20(15-23(24)32-2)16-27-11-12-34-25-28-29-30-31(25)21-9-4-3-5-10-21/h3-10,13-15,27H,11-12,16-17H2,1-2H3. The van der Waals surface area contributed by atoms with E-state index in [1.807, 2.05) is 42.5 Å². The van der Waals surface area contributed by atoms with Gasteiger partial charge in [0.1, 0.15) is 6.61 Å². The second-order valence-corrected chi connectivity index (χ2v) is 9.54. The van der Waals surface area contributed by atoms with Gasteiger partial charge in [0, 0.05) is 18.8 Å². The van der Waals surface area contributed by atoms with Gasteiger partial charge < -0.3 is 14.8 Å². The minimum Gasteiger partial charge on any atom is -0.493 e. The molecule has 1 aromatic heterocycles.